The van der Waals surface area contributed by atoms with E-state index in [1.807, 2.05) is 30.3 Å². The van der Waals surface area contributed by atoms with E-state index in [4.69, 9.17) is 11.6 Å². The van der Waals surface area contributed by atoms with Crippen LogP contribution in [0.25, 0.3) is 5.69 Å². The van der Waals surface area contributed by atoms with Gasteiger partial charge in [-0.05, 0) is 34.9 Å². The minimum Gasteiger partial charge on any atom is -0.351 e. The summed E-state index contributed by atoms with van der Waals surface area (Å²) in [7, 11) is 0. The minimum absolute atomic E-state index is 0.0703. The Bertz CT molecular complexity index is 497. The summed E-state index contributed by atoms with van der Waals surface area (Å²) in [6.07, 6.45) is 0.960. The van der Waals surface area contributed by atoms with Crippen molar-refractivity contribution < 1.29 is 0 Å². The Labute approximate surface area is 118 Å². The summed E-state index contributed by atoms with van der Waals surface area (Å²) in [5.41, 5.74) is 0.921. The highest BCUT2D eigenvalue weighted by Gasteiger charge is 2.11. The van der Waals surface area contributed by atoms with Gasteiger partial charge in [-0.2, -0.15) is 4.68 Å². The van der Waals surface area contributed by atoms with E-state index in [9.17, 15) is 0 Å². The molecule has 0 spiro atoms. The molecule has 102 valence electrons. The predicted octanol–water partition coefficient (Wildman–Crippen LogP) is 2.73. The molecular formula is C13H18ClN5. The van der Waals surface area contributed by atoms with Gasteiger partial charge in [-0.1, -0.05) is 37.1 Å². The summed E-state index contributed by atoms with van der Waals surface area (Å²) in [5.74, 6) is 1.19. The maximum Gasteiger partial charge on any atom is 0.247 e. The van der Waals surface area contributed by atoms with Crippen LogP contribution < -0.4 is 5.32 Å². The number of tetrazole rings is 1. The van der Waals surface area contributed by atoms with Crippen molar-refractivity contribution in [2.75, 3.05) is 11.9 Å². The Morgan fingerprint density at radius 3 is 2.68 bits per heavy atom. The van der Waals surface area contributed by atoms with Crippen molar-refractivity contribution >= 4 is 17.5 Å². The average Bonchev–Trinajstić information content (AvgIpc) is 2.85. The number of aromatic nitrogens is 4. The van der Waals surface area contributed by atoms with E-state index < -0.39 is 0 Å². The topological polar surface area (TPSA) is 55.6 Å². The molecule has 0 radical (unpaired) electrons. The second kappa shape index (κ2) is 6.52. The molecule has 0 aliphatic carbocycles. The molecule has 2 rings (SSSR count). The van der Waals surface area contributed by atoms with Crippen LogP contribution in [0.1, 0.15) is 20.3 Å². The molecule has 0 fully saturated rings. The van der Waals surface area contributed by atoms with Gasteiger partial charge in [-0.15, -0.1) is 11.6 Å². The van der Waals surface area contributed by atoms with Crippen molar-refractivity contribution in [3.8, 4) is 5.69 Å². The molecule has 6 heteroatoms. The first-order chi connectivity index (χ1) is 9.16. The third kappa shape index (κ3) is 3.92. The van der Waals surface area contributed by atoms with E-state index in [0.717, 1.165) is 12.1 Å². The van der Waals surface area contributed by atoms with Crippen LogP contribution in [0.4, 0.5) is 5.95 Å². The fraction of sp³-hybridized carbons (Fsp3) is 0.462. The fourth-order valence-electron chi connectivity index (χ4n) is 1.84. The molecule has 0 aliphatic rings. The van der Waals surface area contributed by atoms with Gasteiger partial charge in [0.25, 0.3) is 0 Å². The number of rotatable bonds is 6. The van der Waals surface area contributed by atoms with Gasteiger partial charge in [0.15, 0.2) is 0 Å². The highest BCUT2D eigenvalue weighted by molar-refractivity contribution is 6.20. The number of alkyl halides is 1. The van der Waals surface area contributed by atoms with Gasteiger partial charge in [0.1, 0.15) is 0 Å². The van der Waals surface area contributed by atoms with Crippen LogP contribution in [0.3, 0.4) is 0 Å². The van der Waals surface area contributed by atoms with Crippen LogP contribution >= 0.6 is 11.6 Å². The molecule has 0 amide bonds. The fourth-order valence-corrected chi connectivity index (χ4v) is 2.27. The summed E-state index contributed by atoms with van der Waals surface area (Å²) in [4.78, 5) is 0. The summed E-state index contributed by atoms with van der Waals surface area (Å²) in [6, 6.07) is 9.76. The van der Waals surface area contributed by atoms with Gasteiger partial charge in [0.05, 0.1) is 11.1 Å². The number of para-hydroxylation sites is 1. The quantitative estimate of drug-likeness (QED) is 0.826. The second-order valence-electron chi connectivity index (χ2n) is 4.86. The van der Waals surface area contributed by atoms with E-state index in [2.05, 4.69) is 34.7 Å². The molecule has 1 aromatic heterocycles. The highest BCUT2D eigenvalue weighted by atomic mass is 35.5. The van der Waals surface area contributed by atoms with Crippen LogP contribution in [-0.4, -0.2) is 32.1 Å². The number of hydrogen-bond acceptors (Lipinski definition) is 4. The maximum absolute atomic E-state index is 6.25. The third-order valence-corrected chi connectivity index (χ3v) is 3.01. The van der Waals surface area contributed by atoms with Gasteiger partial charge in [-0.25, -0.2) is 0 Å². The molecule has 0 saturated carbocycles. The van der Waals surface area contributed by atoms with Crippen LogP contribution in [0.15, 0.2) is 30.3 Å². The first kappa shape index (κ1) is 13.8. The predicted molar refractivity (Wildman–Crippen MR) is 76.7 cm³/mol. The monoisotopic (exact) mass is 279 g/mol. The van der Waals surface area contributed by atoms with Crippen LogP contribution in [0.2, 0.25) is 0 Å². The molecule has 19 heavy (non-hydrogen) atoms. The van der Waals surface area contributed by atoms with E-state index in [1.54, 1.807) is 4.68 Å². The third-order valence-electron chi connectivity index (χ3n) is 2.68. The molecule has 1 heterocycles. The first-order valence-corrected chi connectivity index (χ1v) is 6.82. The van der Waals surface area contributed by atoms with Crippen LogP contribution in [0.5, 0.6) is 0 Å². The Balaban J connectivity index is 2.01. The molecule has 1 N–H and O–H groups in total. The molecule has 0 saturated heterocycles. The van der Waals surface area contributed by atoms with Gasteiger partial charge in [-0.3, -0.25) is 0 Å². The summed E-state index contributed by atoms with van der Waals surface area (Å²) in [6.45, 7) is 4.96. The standard InChI is InChI=1S/C13H18ClN5/c1-10(2)8-11(14)9-15-13-16-17-18-19(13)12-6-4-3-5-7-12/h3-7,10-11H,8-9H2,1-2H3,(H,15,16,18). The van der Waals surface area contributed by atoms with E-state index >= 15 is 0 Å². The van der Waals surface area contributed by atoms with Crippen molar-refractivity contribution in [2.24, 2.45) is 5.92 Å². The van der Waals surface area contributed by atoms with Gasteiger partial charge in [0, 0.05) is 6.54 Å². The van der Waals surface area contributed by atoms with Gasteiger partial charge < -0.3 is 5.32 Å². The lowest BCUT2D eigenvalue weighted by Gasteiger charge is -2.13. The number of benzene rings is 1. The smallest absolute Gasteiger partial charge is 0.247 e. The Morgan fingerprint density at radius 1 is 1.26 bits per heavy atom. The molecule has 1 atom stereocenters. The Kier molecular flexibility index (Phi) is 4.74. The highest BCUT2D eigenvalue weighted by Crippen LogP contribution is 2.13. The zero-order valence-electron chi connectivity index (χ0n) is 11.1. The van der Waals surface area contributed by atoms with Crippen molar-refractivity contribution in [1.82, 2.24) is 20.2 Å². The second-order valence-corrected chi connectivity index (χ2v) is 5.47. The lowest BCUT2D eigenvalue weighted by molar-refractivity contribution is 0.571. The first-order valence-electron chi connectivity index (χ1n) is 6.38. The lowest BCUT2D eigenvalue weighted by Crippen LogP contribution is -2.18. The Hall–Kier alpha value is -1.62. The number of hydrogen-bond donors (Lipinski definition) is 1. The van der Waals surface area contributed by atoms with Crippen LogP contribution in [0, 0.1) is 5.92 Å². The summed E-state index contributed by atoms with van der Waals surface area (Å²) in [5, 5.41) is 14.9. The van der Waals surface area contributed by atoms with E-state index in [0.29, 0.717) is 18.4 Å². The van der Waals surface area contributed by atoms with Crippen molar-refractivity contribution in [3.05, 3.63) is 30.3 Å². The minimum atomic E-state index is 0.0703. The molecule has 5 nitrogen and oxygen atoms in total. The van der Waals surface area contributed by atoms with E-state index in [-0.39, 0.29) is 5.38 Å². The lowest BCUT2D eigenvalue weighted by atomic mass is 10.1. The molecular weight excluding hydrogens is 262 g/mol. The molecule has 0 aliphatic heterocycles. The summed E-state index contributed by atoms with van der Waals surface area (Å²) < 4.78 is 1.67. The number of nitrogens with one attached hydrogen (secondary N) is 1. The molecule has 1 unspecified atom stereocenters. The van der Waals surface area contributed by atoms with Crippen molar-refractivity contribution in [3.63, 3.8) is 0 Å². The van der Waals surface area contributed by atoms with Crippen molar-refractivity contribution in [1.29, 1.82) is 0 Å². The van der Waals surface area contributed by atoms with E-state index in [1.165, 1.54) is 0 Å². The van der Waals surface area contributed by atoms with Gasteiger partial charge >= 0.3 is 0 Å². The van der Waals surface area contributed by atoms with Crippen molar-refractivity contribution in [2.45, 2.75) is 25.6 Å². The Morgan fingerprint density at radius 2 is 2.00 bits per heavy atom. The molecule has 0 bridgehead atoms. The van der Waals surface area contributed by atoms with Gasteiger partial charge in [0.2, 0.25) is 5.95 Å². The van der Waals surface area contributed by atoms with Crippen LogP contribution in [-0.2, 0) is 0 Å². The largest absolute Gasteiger partial charge is 0.351 e. The molecule has 1 aromatic carbocycles. The number of anilines is 1. The SMILES string of the molecule is CC(C)CC(Cl)CNc1nnnn1-c1ccccc1. The summed E-state index contributed by atoms with van der Waals surface area (Å²) >= 11 is 6.25. The maximum atomic E-state index is 6.25. The number of halogens is 1. The zero-order valence-corrected chi connectivity index (χ0v) is 11.9. The zero-order chi connectivity index (χ0) is 13.7. The average molecular weight is 280 g/mol. The normalized spacial score (nSPS) is 12.6. The molecule has 2 aromatic rings. The number of nitrogens with zero attached hydrogens (tertiary/aromatic N) is 4.